The van der Waals surface area contributed by atoms with Gasteiger partial charge in [0.15, 0.2) is 0 Å². The van der Waals surface area contributed by atoms with Crippen LogP contribution in [0.1, 0.15) is 36.2 Å². The van der Waals surface area contributed by atoms with Gasteiger partial charge < -0.3 is 9.47 Å². The van der Waals surface area contributed by atoms with E-state index in [1.165, 1.54) is 0 Å². The summed E-state index contributed by atoms with van der Waals surface area (Å²) in [6.45, 7) is 4.99. The van der Waals surface area contributed by atoms with Crippen LogP contribution in [0, 0.1) is 5.92 Å². The predicted octanol–water partition coefficient (Wildman–Crippen LogP) is 3.88. The molecule has 2 aromatic carbocycles. The molecule has 1 amide bonds. The first-order chi connectivity index (χ1) is 12.1. The van der Waals surface area contributed by atoms with E-state index in [1.807, 2.05) is 24.3 Å². The quantitative estimate of drug-likeness (QED) is 0.586. The highest BCUT2D eigenvalue weighted by atomic mass is 16.5. The second-order valence-corrected chi connectivity index (χ2v) is 6.03. The number of methoxy groups -OCH3 is 1. The van der Waals surface area contributed by atoms with E-state index in [1.54, 1.807) is 37.6 Å². The van der Waals surface area contributed by atoms with Crippen LogP contribution in [0.2, 0.25) is 0 Å². The Morgan fingerprint density at radius 2 is 1.92 bits per heavy atom. The molecular weight excluding hydrogens is 316 g/mol. The van der Waals surface area contributed by atoms with Crippen molar-refractivity contribution in [2.45, 2.75) is 20.3 Å². The minimum Gasteiger partial charge on any atom is -0.497 e. The number of hydrazone groups is 1. The van der Waals surface area contributed by atoms with E-state index in [0.717, 1.165) is 23.5 Å². The summed E-state index contributed by atoms with van der Waals surface area (Å²) in [5.74, 6) is 1.83. The van der Waals surface area contributed by atoms with Crippen LogP contribution in [0.25, 0.3) is 0 Å². The molecule has 0 atom stereocenters. The number of rotatable bonds is 8. The van der Waals surface area contributed by atoms with E-state index < -0.39 is 0 Å². The molecule has 25 heavy (non-hydrogen) atoms. The summed E-state index contributed by atoms with van der Waals surface area (Å²) in [5, 5.41) is 3.97. The number of ether oxygens (including phenoxy) is 2. The van der Waals surface area contributed by atoms with Crippen molar-refractivity contribution in [1.82, 2.24) is 5.43 Å². The van der Waals surface area contributed by atoms with Gasteiger partial charge in [-0.2, -0.15) is 5.10 Å². The van der Waals surface area contributed by atoms with Crippen molar-refractivity contribution in [1.29, 1.82) is 0 Å². The highest BCUT2D eigenvalue weighted by molar-refractivity contribution is 5.95. The average molecular weight is 340 g/mol. The fourth-order valence-corrected chi connectivity index (χ4v) is 2.07. The number of carbonyl (C=O) groups excluding carboxylic acids is 1. The average Bonchev–Trinajstić information content (AvgIpc) is 2.62. The predicted molar refractivity (Wildman–Crippen MR) is 99.4 cm³/mol. The monoisotopic (exact) mass is 340 g/mol. The number of nitrogens with zero attached hydrogens (tertiary/aromatic N) is 1. The van der Waals surface area contributed by atoms with Crippen molar-refractivity contribution in [3.63, 3.8) is 0 Å². The highest BCUT2D eigenvalue weighted by Gasteiger charge is 2.04. The molecule has 0 spiro atoms. The molecule has 0 aromatic heterocycles. The second-order valence-electron chi connectivity index (χ2n) is 6.03. The zero-order valence-corrected chi connectivity index (χ0v) is 14.9. The fraction of sp³-hybridized carbons (Fsp3) is 0.300. The van der Waals surface area contributed by atoms with Gasteiger partial charge in [0.05, 0.1) is 19.9 Å². The van der Waals surface area contributed by atoms with E-state index in [-0.39, 0.29) is 5.91 Å². The Kier molecular flexibility index (Phi) is 7.01. The third kappa shape index (κ3) is 6.30. The van der Waals surface area contributed by atoms with Crippen LogP contribution in [-0.4, -0.2) is 25.8 Å². The summed E-state index contributed by atoms with van der Waals surface area (Å²) in [7, 11) is 1.61. The van der Waals surface area contributed by atoms with Gasteiger partial charge in [0.2, 0.25) is 0 Å². The molecule has 0 bridgehead atoms. The first-order valence-corrected chi connectivity index (χ1v) is 8.29. The summed E-state index contributed by atoms with van der Waals surface area (Å²) in [6.07, 6.45) is 2.57. The standard InChI is InChI=1S/C20H24N2O3/c1-15(2)11-12-25-18-9-7-17(8-10-18)20(23)22-21-14-16-5-4-6-19(13-16)24-3/h4-10,13-15H,11-12H2,1-3H3,(H,22,23). The van der Waals surface area contributed by atoms with Crippen LogP contribution >= 0.6 is 0 Å². The molecule has 0 unspecified atom stereocenters. The Morgan fingerprint density at radius 3 is 2.60 bits per heavy atom. The Morgan fingerprint density at radius 1 is 1.16 bits per heavy atom. The number of hydrogen-bond donors (Lipinski definition) is 1. The number of benzene rings is 2. The van der Waals surface area contributed by atoms with Crippen molar-refractivity contribution in [3.8, 4) is 11.5 Å². The molecular formula is C20H24N2O3. The van der Waals surface area contributed by atoms with E-state index in [9.17, 15) is 4.79 Å². The Bertz CT molecular complexity index is 709. The van der Waals surface area contributed by atoms with Gasteiger partial charge in [-0.1, -0.05) is 26.0 Å². The molecule has 1 N–H and O–H groups in total. The van der Waals surface area contributed by atoms with Crippen LogP contribution in [0.15, 0.2) is 53.6 Å². The van der Waals surface area contributed by atoms with E-state index in [4.69, 9.17) is 9.47 Å². The molecule has 0 saturated carbocycles. The maximum absolute atomic E-state index is 12.1. The van der Waals surface area contributed by atoms with Crippen molar-refractivity contribution in [2.24, 2.45) is 11.0 Å². The fourth-order valence-electron chi connectivity index (χ4n) is 2.07. The molecule has 2 rings (SSSR count). The third-order valence-electron chi connectivity index (χ3n) is 3.55. The van der Waals surface area contributed by atoms with E-state index in [2.05, 4.69) is 24.4 Å². The summed E-state index contributed by atoms with van der Waals surface area (Å²) in [4.78, 5) is 12.1. The Balaban J connectivity index is 1.86. The van der Waals surface area contributed by atoms with Crippen LogP contribution in [-0.2, 0) is 0 Å². The maximum atomic E-state index is 12.1. The molecule has 0 fully saturated rings. The lowest BCUT2D eigenvalue weighted by Crippen LogP contribution is -2.17. The van der Waals surface area contributed by atoms with Crippen LogP contribution in [0.4, 0.5) is 0 Å². The number of hydrogen-bond acceptors (Lipinski definition) is 4. The van der Waals surface area contributed by atoms with Gasteiger partial charge in [-0.05, 0) is 54.3 Å². The molecule has 0 heterocycles. The lowest BCUT2D eigenvalue weighted by Gasteiger charge is -2.08. The van der Waals surface area contributed by atoms with Gasteiger partial charge in [0.1, 0.15) is 11.5 Å². The summed E-state index contributed by atoms with van der Waals surface area (Å²) in [5.41, 5.74) is 3.88. The van der Waals surface area contributed by atoms with Crippen molar-refractivity contribution < 1.29 is 14.3 Å². The summed E-state index contributed by atoms with van der Waals surface area (Å²) < 4.78 is 10.8. The maximum Gasteiger partial charge on any atom is 0.271 e. The first kappa shape index (κ1) is 18.5. The van der Waals surface area contributed by atoms with Gasteiger partial charge in [-0.25, -0.2) is 5.43 Å². The SMILES string of the molecule is COc1cccc(C=NNC(=O)c2ccc(OCCC(C)C)cc2)c1. The molecule has 2 aromatic rings. The van der Waals surface area contributed by atoms with E-state index in [0.29, 0.717) is 18.1 Å². The molecule has 0 radical (unpaired) electrons. The molecule has 0 saturated heterocycles. The normalized spacial score (nSPS) is 10.9. The van der Waals surface area contributed by atoms with Gasteiger partial charge in [-0.15, -0.1) is 0 Å². The number of nitrogens with one attached hydrogen (secondary N) is 1. The minimum absolute atomic E-state index is 0.270. The van der Waals surface area contributed by atoms with E-state index >= 15 is 0 Å². The zero-order valence-electron chi connectivity index (χ0n) is 14.9. The van der Waals surface area contributed by atoms with Crippen molar-refractivity contribution in [3.05, 3.63) is 59.7 Å². The second kappa shape index (κ2) is 9.47. The Labute approximate surface area is 148 Å². The molecule has 5 nitrogen and oxygen atoms in total. The van der Waals surface area contributed by atoms with Gasteiger partial charge in [-0.3, -0.25) is 4.79 Å². The number of amides is 1. The van der Waals surface area contributed by atoms with Crippen LogP contribution < -0.4 is 14.9 Å². The highest BCUT2D eigenvalue weighted by Crippen LogP contribution is 2.13. The van der Waals surface area contributed by atoms with Crippen LogP contribution in [0.5, 0.6) is 11.5 Å². The minimum atomic E-state index is -0.270. The van der Waals surface area contributed by atoms with Gasteiger partial charge in [0.25, 0.3) is 5.91 Å². The summed E-state index contributed by atoms with van der Waals surface area (Å²) in [6, 6.07) is 14.4. The molecule has 0 aliphatic rings. The van der Waals surface area contributed by atoms with Gasteiger partial charge >= 0.3 is 0 Å². The Hall–Kier alpha value is -2.82. The number of carbonyl (C=O) groups is 1. The molecule has 0 aliphatic heterocycles. The van der Waals surface area contributed by atoms with Crippen molar-refractivity contribution >= 4 is 12.1 Å². The third-order valence-corrected chi connectivity index (χ3v) is 3.55. The lowest BCUT2D eigenvalue weighted by molar-refractivity contribution is 0.0955. The van der Waals surface area contributed by atoms with Crippen molar-refractivity contribution in [2.75, 3.05) is 13.7 Å². The molecule has 5 heteroatoms. The van der Waals surface area contributed by atoms with Gasteiger partial charge in [0, 0.05) is 5.56 Å². The topological polar surface area (TPSA) is 59.9 Å². The summed E-state index contributed by atoms with van der Waals surface area (Å²) >= 11 is 0. The largest absolute Gasteiger partial charge is 0.497 e. The molecule has 132 valence electrons. The van der Waals surface area contributed by atoms with Crippen LogP contribution in [0.3, 0.4) is 0 Å². The molecule has 0 aliphatic carbocycles. The lowest BCUT2D eigenvalue weighted by atomic mass is 10.1. The smallest absolute Gasteiger partial charge is 0.271 e. The zero-order chi connectivity index (χ0) is 18.1. The first-order valence-electron chi connectivity index (χ1n) is 8.29.